The van der Waals surface area contributed by atoms with E-state index in [2.05, 4.69) is 53.6 Å². The Morgan fingerprint density at radius 1 is 1.04 bits per heavy atom. The standard InChI is InChI=1S/C22H25N3O/c1-15-11-16(2)14-25(13-15)18-9-7-17(8-10-18)23-12-20-19-5-3-4-6-21(19)24-22(20)26/h3-10,12,15-16,23H,11,13-14H2,1-2H3,(H,24,26). The molecule has 2 aromatic rings. The summed E-state index contributed by atoms with van der Waals surface area (Å²) in [5, 5.41) is 6.15. The zero-order chi connectivity index (χ0) is 18.1. The van der Waals surface area contributed by atoms with Gasteiger partial charge in [0, 0.05) is 41.9 Å². The Balaban J connectivity index is 1.48. The van der Waals surface area contributed by atoms with E-state index in [1.165, 1.54) is 12.1 Å². The van der Waals surface area contributed by atoms with E-state index in [4.69, 9.17) is 0 Å². The van der Waals surface area contributed by atoms with Crippen molar-refractivity contribution in [3.8, 4) is 0 Å². The number of nitrogens with zero attached hydrogens (tertiary/aromatic N) is 1. The van der Waals surface area contributed by atoms with Crippen LogP contribution in [0.5, 0.6) is 0 Å². The minimum absolute atomic E-state index is 0.0633. The van der Waals surface area contributed by atoms with Crippen LogP contribution in [-0.4, -0.2) is 19.0 Å². The fourth-order valence-corrected chi connectivity index (χ4v) is 4.08. The lowest BCUT2D eigenvalue weighted by Gasteiger charge is -2.36. The van der Waals surface area contributed by atoms with Crippen LogP contribution in [0.4, 0.5) is 17.1 Å². The summed E-state index contributed by atoms with van der Waals surface area (Å²) in [4.78, 5) is 14.6. The van der Waals surface area contributed by atoms with Crippen LogP contribution in [0.2, 0.25) is 0 Å². The number of benzene rings is 2. The van der Waals surface area contributed by atoms with E-state index in [1.54, 1.807) is 6.20 Å². The summed E-state index contributed by atoms with van der Waals surface area (Å²) in [6, 6.07) is 16.2. The number of carbonyl (C=O) groups excluding carboxylic acids is 1. The van der Waals surface area contributed by atoms with Gasteiger partial charge in [0.1, 0.15) is 0 Å². The van der Waals surface area contributed by atoms with Crippen molar-refractivity contribution in [1.29, 1.82) is 0 Å². The largest absolute Gasteiger partial charge is 0.371 e. The SMILES string of the molecule is CC1CC(C)CN(c2ccc(NC=C3C(=O)Nc4ccccc43)cc2)C1. The van der Waals surface area contributed by atoms with Crippen molar-refractivity contribution in [1.82, 2.24) is 0 Å². The van der Waals surface area contributed by atoms with Gasteiger partial charge in [0.15, 0.2) is 0 Å². The molecule has 2 aromatic carbocycles. The van der Waals surface area contributed by atoms with E-state index in [9.17, 15) is 4.79 Å². The van der Waals surface area contributed by atoms with Crippen LogP contribution in [0.1, 0.15) is 25.8 Å². The second-order valence-electron chi connectivity index (χ2n) is 7.60. The number of hydrogen-bond acceptors (Lipinski definition) is 3. The van der Waals surface area contributed by atoms with Crippen LogP contribution >= 0.6 is 0 Å². The monoisotopic (exact) mass is 347 g/mol. The highest BCUT2D eigenvalue weighted by Gasteiger charge is 2.23. The fourth-order valence-electron chi connectivity index (χ4n) is 4.08. The Morgan fingerprint density at radius 2 is 1.73 bits per heavy atom. The third-order valence-corrected chi connectivity index (χ3v) is 5.19. The first-order chi connectivity index (χ1) is 12.6. The molecule has 26 heavy (non-hydrogen) atoms. The van der Waals surface area contributed by atoms with Crippen LogP contribution in [0.3, 0.4) is 0 Å². The normalized spacial score (nSPS) is 23.7. The van der Waals surface area contributed by atoms with Gasteiger partial charge in [0.25, 0.3) is 5.91 Å². The average molecular weight is 347 g/mol. The molecule has 0 bridgehead atoms. The molecular weight excluding hydrogens is 322 g/mol. The molecule has 0 spiro atoms. The molecule has 0 aromatic heterocycles. The van der Waals surface area contributed by atoms with Gasteiger partial charge in [-0.25, -0.2) is 0 Å². The number of rotatable bonds is 3. The van der Waals surface area contributed by atoms with Crippen molar-refractivity contribution < 1.29 is 4.79 Å². The first-order valence-electron chi connectivity index (χ1n) is 9.32. The first-order valence-corrected chi connectivity index (χ1v) is 9.32. The maximum absolute atomic E-state index is 12.1. The van der Waals surface area contributed by atoms with Crippen molar-refractivity contribution in [3.63, 3.8) is 0 Å². The number of carbonyl (C=O) groups is 1. The molecule has 134 valence electrons. The Hall–Kier alpha value is -2.75. The van der Waals surface area contributed by atoms with Gasteiger partial charge in [0.05, 0.1) is 5.57 Å². The van der Waals surface area contributed by atoms with Crippen molar-refractivity contribution in [2.45, 2.75) is 20.3 Å². The third kappa shape index (κ3) is 3.32. The Morgan fingerprint density at radius 3 is 2.46 bits per heavy atom. The summed E-state index contributed by atoms with van der Waals surface area (Å²) < 4.78 is 0. The second-order valence-corrected chi connectivity index (χ2v) is 7.60. The molecule has 0 saturated carbocycles. The Bertz CT molecular complexity index is 831. The molecular formula is C22H25N3O. The van der Waals surface area contributed by atoms with Crippen molar-refractivity contribution in [2.75, 3.05) is 28.6 Å². The van der Waals surface area contributed by atoms with Crippen molar-refractivity contribution in [2.24, 2.45) is 11.8 Å². The molecule has 4 heteroatoms. The molecule has 1 fully saturated rings. The first kappa shape index (κ1) is 16.7. The summed E-state index contributed by atoms with van der Waals surface area (Å²) in [6.45, 7) is 6.90. The van der Waals surface area contributed by atoms with E-state index in [-0.39, 0.29) is 5.91 Å². The molecule has 1 saturated heterocycles. The topological polar surface area (TPSA) is 44.4 Å². The second kappa shape index (κ2) is 6.87. The van der Waals surface area contributed by atoms with Crippen LogP contribution in [0, 0.1) is 11.8 Å². The van der Waals surface area contributed by atoms with E-state index in [1.807, 2.05) is 24.3 Å². The zero-order valence-electron chi connectivity index (χ0n) is 15.3. The van der Waals surface area contributed by atoms with Gasteiger partial charge in [-0.05, 0) is 48.6 Å². The predicted octanol–water partition coefficient (Wildman–Crippen LogP) is 4.57. The third-order valence-electron chi connectivity index (χ3n) is 5.19. The molecule has 2 heterocycles. The number of nitrogens with one attached hydrogen (secondary N) is 2. The highest BCUT2D eigenvalue weighted by atomic mass is 16.2. The zero-order valence-corrected chi connectivity index (χ0v) is 15.3. The summed E-state index contributed by atoms with van der Waals surface area (Å²) >= 11 is 0. The predicted molar refractivity (Wildman–Crippen MR) is 108 cm³/mol. The van der Waals surface area contributed by atoms with Crippen LogP contribution in [0.25, 0.3) is 5.57 Å². The van der Waals surface area contributed by atoms with Gasteiger partial charge in [-0.1, -0.05) is 32.0 Å². The molecule has 0 aliphatic carbocycles. The van der Waals surface area contributed by atoms with Gasteiger partial charge >= 0.3 is 0 Å². The van der Waals surface area contributed by atoms with Crippen LogP contribution in [0.15, 0.2) is 54.7 Å². The maximum Gasteiger partial charge on any atom is 0.257 e. The molecule has 2 unspecified atom stereocenters. The van der Waals surface area contributed by atoms with Gasteiger partial charge in [-0.2, -0.15) is 0 Å². The molecule has 2 N–H and O–H groups in total. The number of piperidine rings is 1. The van der Waals surface area contributed by atoms with Crippen LogP contribution < -0.4 is 15.5 Å². The van der Waals surface area contributed by atoms with E-state index in [0.717, 1.165) is 41.9 Å². The number of para-hydroxylation sites is 1. The summed E-state index contributed by atoms with van der Waals surface area (Å²) in [5.74, 6) is 1.41. The van der Waals surface area contributed by atoms with E-state index in [0.29, 0.717) is 5.57 Å². The lowest BCUT2D eigenvalue weighted by atomic mass is 9.91. The lowest BCUT2D eigenvalue weighted by Crippen LogP contribution is -2.38. The molecule has 0 radical (unpaired) electrons. The van der Waals surface area contributed by atoms with E-state index < -0.39 is 0 Å². The number of anilines is 3. The maximum atomic E-state index is 12.1. The molecule has 2 aliphatic rings. The Labute approximate surface area is 154 Å². The highest BCUT2D eigenvalue weighted by molar-refractivity contribution is 6.31. The molecule has 1 amide bonds. The average Bonchev–Trinajstić information content (AvgIpc) is 2.95. The number of amides is 1. The number of hydrogen-bond donors (Lipinski definition) is 2. The number of fused-ring (bicyclic) bond motifs is 1. The molecule has 4 rings (SSSR count). The van der Waals surface area contributed by atoms with Gasteiger partial charge < -0.3 is 15.5 Å². The smallest absolute Gasteiger partial charge is 0.257 e. The minimum Gasteiger partial charge on any atom is -0.371 e. The summed E-state index contributed by atoms with van der Waals surface area (Å²) in [7, 11) is 0. The van der Waals surface area contributed by atoms with Gasteiger partial charge in [0.2, 0.25) is 0 Å². The van der Waals surface area contributed by atoms with Crippen molar-refractivity contribution >= 4 is 28.5 Å². The fraction of sp³-hybridized carbons (Fsp3) is 0.318. The lowest BCUT2D eigenvalue weighted by molar-refractivity contribution is -0.110. The molecule has 4 nitrogen and oxygen atoms in total. The quantitative estimate of drug-likeness (QED) is 0.799. The summed E-state index contributed by atoms with van der Waals surface area (Å²) in [6.07, 6.45) is 3.11. The van der Waals surface area contributed by atoms with Crippen LogP contribution in [-0.2, 0) is 4.79 Å². The molecule has 2 atom stereocenters. The van der Waals surface area contributed by atoms with Crippen molar-refractivity contribution in [3.05, 3.63) is 60.3 Å². The minimum atomic E-state index is -0.0633. The van der Waals surface area contributed by atoms with Gasteiger partial charge in [-0.3, -0.25) is 4.79 Å². The van der Waals surface area contributed by atoms with E-state index >= 15 is 0 Å². The summed E-state index contributed by atoms with van der Waals surface area (Å²) in [5.41, 5.74) is 4.73. The Kier molecular flexibility index (Phi) is 4.41. The van der Waals surface area contributed by atoms with Gasteiger partial charge in [-0.15, -0.1) is 0 Å². The molecule has 2 aliphatic heterocycles. The highest BCUT2D eigenvalue weighted by Crippen LogP contribution is 2.31.